The monoisotopic (exact) mass is 146 g/mol. The summed E-state index contributed by atoms with van der Waals surface area (Å²) in [6.45, 7) is 1.99. The van der Waals surface area contributed by atoms with Gasteiger partial charge in [0.15, 0.2) is 0 Å². The van der Waals surface area contributed by atoms with Crippen LogP contribution in [0.3, 0.4) is 0 Å². The molecule has 0 aliphatic heterocycles. The Morgan fingerprint density at radius 2 is 2.45 bits per heavy atom. The van der Waals surface area contributed by atoms with Crippen molar-refractivity contribution in [3.63, 3.8) is 0 Å². The highest BCUT2D eigenvalue weighted by atomic mass is 14.1. The molecule has 0 heterocycles. The van der Waals surface area contributed by atoms with Crippen molar-refractivity contribution < 1.29 is 0 Å². The van der Waals surface area contributed by atoms with Gasteiger partial charge in [-0.2, -0.15) is 0 Å². The Balaban J connectivity index is 2.43. The van der Waals surface area contributed by atoms with Crippen molar-refractivity contribution in [1.82, 2.24) is 0 Å². The van der Waals surface area contributed by atoms with Crippen molar-refractivity contribution in [2.24, 2.45) is 5.92 Å². The number of hydrogen-bond donors (Lipinski definition) is 0. The third-order valence-electron chi connectivity index (χ3n) is 1.77. The summed E-state index contributed by atoms with van der Waals surface area (Å²) in [4.78, 5) is 0. The average Bonchev–Trinajstić information content (AvgIpc) is 2.07. The largest absolute Gasteiger partial charge is 0.0910 e. The van der Waals surface area contributed by atoms with Crippen LogP contribution in [0.25, 0.3) is 0 Å². The van der Waals surface area contributed by atoms with Gasteiger partial charge < -0.3 is 0 Å². The van der Waals surface area contributed by atoms with Gasteiger partial charge >= 0.3 is 0 Å². The van der Waals surface area contributed by atoms with Gasteiger partial charge in [-0.25, -0.2) is 0 Å². The van der Waals surface area contributed by atoms with E-state index in [1.807, 2.05) is 19.1 Å². The van der Waals surface area contributed by atoms with E-state index in [0.717, 1.165) is 0 Å². The molecule has 0 fully saturated rings. The van der Waals surface area contributed by atoms with Crippen LogP contribution in [-0.4, -0.2) is 0 Å². The summed E-state index contributed by atoms with van der Waals surface area (Å²) in [6.07, 6.45) is 12.1. The van der Waals surface area contributed by atoms with Crippen LogP contribution < -0.4 is 0 Å². The second-order valence-electron chi connectivity index (χ2n) is 2.75. The summed E-state index contributed by atoms with van der Waals surface area (Å²) < 4.78 is 0. The zero-order chi connectivity index (χ0) is 7.94. The van der Waals surface area contributed by atoms with Crippen molar-refractivity contribution in [1.29, 1.82) is 0 Å². The van der Waals surface area contributed by atoms with Gasteiger partial charge in [0.05, 0.1) is 0 Å². The molecule has 0 radical (unpaired) electrons. The molecule has 58 valence electrons. The minimum Gasteiger partial charge on any atom is -0.0910 e. The van der Waals surface area contributed by atoms with Gasteiger partial charge in [-0.05, 0) is 32.3 Å². The minimum atomic E-state index is 0.514. The molecule has 0 amide bonds. The van der Waals surface area contributed by atoms with Crippen LogP contribution in [0.5, 0.6) is 0 Å². The first-order valence-electron chi connectivity index (χ1n) is 4.22. The van der Waals surface area contributed by atoms with Crippen molar-refractivity contribution in [3.8, 4) is 11.8 Å². The molecule has 1 rings (SSSR count). The van der Waals surface area contributed by atoms with Crippen molar-refractivity contribution in [2.45, 2.75) is 26.2 Å². The second kappa shape index (κ2) is 4.79. The van der Waals surface area contributed by atoms with Crippen LogP contribution in [0, 0.1) is 17.8 Å². The van der Waals surface area contributed by atoms with Crippen LogP contribution in [0.4, 0.5) is 0 Å². The Kier molecular flexibility index (Phi) is 3.55. The van der Waals surface area contributed by atoms with Crippen LogP contribution in [0.2, 0.25) is 0 Å². The van der Waals surface area contributed by atoms with Crippen LogP contribution in [0.15, 0.2) is 24.3 Å². The zero-order valence-electron chi connectivity index (χ0n) is 7.01. The average molecular weight is 146 g/mol. The number of rotatable bonds is 0. The second-order valence-corrected chi connectivity index (χ2v) is 2.75. The highest BCUT2D eigenvalue weighted by Gasteiger charge is 2.02. The lowest BCUT2D eigenvalue weighted by Gasteiger charge is -2.08. The number of allylic oxidation sites excluding steroid dienone is 4. The smallest absolute Gasteiger partial charge is 0.0386 e. The van der Waals surface area contributed by atoms with Crippen molar-refractivity contribution >= 4 is 0 Å². The summed E-state index contributed by atoms with van der Waals surface area (Å²) in [5.74, 6) is 6.74. The van der Waals surface area contributed by atoms with E-state index in [4.69, 9.17) is 0 Å². The first-order valence-corrected chi connectivity index (χ1v) is 4.22. The molecule has 0 saturated carbocycles. The standard InChI is InChI=1S/C11H14/c1-2-3-5-8-11-9-6-4-7-10-11/h2-3,6,9,11H,4,7,10H2,1H3/b3-2+. The Hall–Kier alpha value is -0.960. The lowest BCUT2D eigenvalue weighted by atomic mass is 9.97. The van der Waals surface area contributed by atoms with E-state index in [-0.39, 0.29) is 0 Å². The highest BCUT2D eigenvalue weighted by molar-refractivity contribution is 5.20. The normalized spacial score (nSPS) is 23.2. The third kappa shape index (κ3) is 3.09. The SMILES string of the molecule is C/C=C/C#CC1C=CCCC1. The molecule has 0 N–H and O–H groups in total. The summed E-state index contributed by atoms with van der Waals surface area (Å²) in [7, 11) is 0. The van der Waals surface area contributed by atoms with Crippen LogP contribution >= 0.6 is 0 Å². The third-order valence-corrected chi connectivity index (χ3v) is 1.77. The van der Waals surface area contributed by atoms with E-state index in [2.05, 4.69) is 24.0 Å². The van der Waals surface area contributed by atoms with Gasteiger partial charge in [0.25, 0.3) is 0 Å². The molecule has 1 aliphatic carbocycles. The summed E-state index contributed by atoms with van der Waals surface area (Å²) in [5.41, 5.74) is 0. The molecule has 0 aromatic carbocycles. The van der Waals surface area contributed by atoms with Gasteiger partial charge in [0.1, 0.15) is 0 Å². The van der Waals surface area contributed by atoms with Crippen molar-refractivity contribution in [2.75, 3.05) is 0 Å². The van der Waals surface area contributed by atoms with Gasteiger partial charge in [-0.1, -0.05) is 30.1 Å². The maximum Gasteiger partial charge on any atom is 0.0386 e. The predicted molar refractivity (Wildman–Crippen MR) is 49.1 cm³/mol. The van der Waals surface area contributed by atoms with Gasteiger partial charge in [-0.3, -0.25) is 0 Å². The molecule has 1 aliphatic rings. The van der Waals surface area contributed by atoms with Crippen molar-refractivity contribution in [3.05, 3.63) is 24.3 Å². The van der Waals surface area contributed by atoms with E-state index in [1.54, 1.807) is 0 Å². The zero-order valence-corrected chi connectivity index (χ0v) is 7.01. The molecule has 0 aromatic rings. The molecule has 0 spiro atoms. The summed E-state index contributed by atoms with van der Waals surface area (Å²) >= 11 is 0. The van der Waals surface area contributed by atoms with E-state index in [9.17, 15) is 0 Å². The molecule has 1 unspecified atom stereocenters. The first-order chi connectivity index (χ1) is 5.43. The van der Waals surface area contributed by atoms with E-state index in [1.165, 1.54) is 19.3 Å². The Bertz CT molecular complexity index is 210. The van der Waals surface area contributed by atoms with Crippen LogP contribution in [-0.2, 0) is 0 Å². The highest BCUT2D eigenvalue weighted by Crippen LogP contribution is 2.15. The fraction of sp³-hybridized carbons (Fsp3) is 0.455. The van der Waals surface area contributed by atoms with Crippen LogP contribution in [0.1, 0.15) is 26.2 Å². The van der Waals surface area contributed by atoms with E-state index in [0.29, 0.717) is 5.92 Å². The number of hydrogen-bond acceptors (Lipinski definition) is 0. The molecule has 0 bridgehead atoms. The molecular weight excluding hydrogens is 132 g/mol. The van der Waals surface area contributed by atoms with Gasteiger partial charge in [-0.15, -0.1) is 0 Å². The summed E-state index contributed by atoms with van der Waals surface area (Å²) in [6, 6.07) is 0. The summed E-state index contributed by atoms with van der Waals surface area (Å²) in [5, 5.41) is 0. The Morgan fingerprint density at radius 1 is 1.55 bits per heavy atom. The van der Waals surface area contributed by atoms with E-state index >= 15 is 0 Å². The lowest BCUT2D eigenvalue weighted by molar-refractivity contribution is 0.645. The van der Waals surface area contributed by atoms with Gasteiger partial charge in [0, 0.05) is 5.92 Å². The molecular formula is C11H14. The van der Waals surface area contributed by atoms with Gasteiger partial charge in [0.2, 0.25) is 0 Å². The fourth-order valence-corrected chi connectivity index (χ4v) is 1.17. The first kappa shape index (κ1) is 8.14. The molecule has 11 heavy (non-hydrogen) atoms. The quantitative estimate of drug-likeness (QED) is 0.364. The Labute approximate surface area is 69.0 Å². The predicted octanol–water partition coefficient (Wildman–Crippen LogP) is 2.92. The topological polar surface area (TPSA) is 0 Å². The Morgan fingerprint density at radius 3 is 3.09 bits per heavy atom. The maximum absolute atomic E-state index is 3.20. The minimum absolute atomic E-state index is 0.514. The van der Waals surface area contributed by atoms with E-state index < -0.39 is 0 Å². The fourth-order valence-electron chi connectivity index (χ4n) is 1.17. The molecule has 0 aromatic heterocycles. The molecule has 0 heteroatoms. The molecule has 0 saturated heterocycles. The lowest BCUT2D eigenvalue weighted by Crippen LogP contribution is -1.96. The molecule has 1 atom stereocenters. The maximum atomic E-state index is 3.20. The molecule has 0 nitrogen and oxygen atoms in total.